The SMILES string of the molecule is Cc1nc(NCc2cccnc2)cc(C(=O)NCc2ccccc2F)n1. The number of rotatable bonds is 6. The summed E-state index contributed by atoms with van der Waals surface area (Å²) in [6, 6.07) is 11.7. The van der Waals surface area contributed by atoms with E-state index in [2.05, 4.69) is 25.6 Å². The number of hydrogen-bond acceptors (Lipinski definition) is 5. The Labute approximate surface area is 150 Å². The van der Waals surface area contributed by atoms with E-state index in [9.17, 15) is 9.18 Å². The molecule has 0 saturated carbocycles. The number of hydrogen-bond donors (Lipinski definition) is 2. The number of halogens is 1. The second kappa shape index (κ2) is 8.15. The van der Waals surface area contributed by atoms with E-state index < -0.39 is 0 Å². The number of benzene rings is 1. The van der Waals surface area contributed by atoms with E-state index in [1.54, 1.807) is 43.6 Å². The van der Waals surface area contributed by atoms with Crippen LogP contribution in [0, 0.1) is 12.7 Å². The van der Waals surface area contributed by atoms with E-state index in [1.807, 2.05) is 12.1 Å². The first-order valence-electron chi connectivity index (χ1n) is 8.12. The Morgan fingerprint density at radius 1 is 1.12 bits per heavy atom. The topological polar surface area (TPSA) is 79.8 Å². The minimum Gasteiger partial charge on any atom is -0.366 e. The summed E-state index contributed by atoms with van der Waals surface area (Å²) in [6.07, 6.45) is 3.46. The molecule has 1 amide bonds. The molecule has 1 aromatic carbocycles. The molecule has 2 aromatic heterocycles. The van der Waals surface area contributed by atoms with Gasteiger partial charge in [-0.2, -0.15) is 0 Å². The Morgan fingerprint density at radius 2 is 1.96 bits per heavy atom. The third kappa shape index (κ3) is 4.60. The van der Waals surface area contributed by atoms with E-state index in [-0.39, 0.29) is 24.0 Å². The summed E-state index contributed by atoms with van der Waals surface area (Å²) in [5, 5.41) is 5.83. The van der Waals surface area contributed by atoms with Gasteiger partial charge in [-0.3, -0.25) is 9.78 Å². The van der Waals surface area contributed by atoms with E-state index in [1.165, 1.54) is 6.07 Å². The Bertz CT molecular complexity index is 901. The molecule has 132 valence electrons. The van der Waals surface area contributed by atoms with Crippen LogP contribution < -0.4 is 10.6 Å². The highest BCUT2D eigenvalue weighted by atomic mass is 19.1. The number of anilines is 1. The van der Waals surface area contributed by atoms with Gasteiger partial charge in [0, 0.05) is 37.1 Å². The van der Waals surface area contributed by atoms with Crippen molar-refractivity contribution in [1.82, 2.24) is 20.3 Å². The molecule has 6 nitrogen and oxygen atoms in total. The smallest absolute Gasteiger partial charge is 0.270 e. The fourth-order valence-corrected chi connectivity index (χ4v) is 2.38. The lowest BCUT2D eigenvalue weighted by Crippen LogP contribution is -2.25. The molecule has 26 heavy (non-hydrogen) atoms. The highest BCUT2D eigenvalue weighted by Crippen LogP contribution is 2.10. The van der Waals surface area contributed by atoms with E-state index in [4.69, 9.17) is 0 Å². The van der Waals surface area contributed by atoms with Crippen LogP contribution in [0.15, 0.2) is 54.9 Å². The molecule has 7 heteroatoms. The molecule has 0 saturated heterocycles. The van der Waals surface area contributed by atoms with Crippen molar-refractivity contribution in [3.05, 3.63) is 83.3 Å². The van der Waals surface area contributed by atoms with Gasteiger partial charge in [-0.1, -0.05) is 24.3 Å². The zero-order valence-electron chi connectivity index (χ0n) is 14.2. The van der Waals surface area contributed by atoms with E-state index in [0.29, 0.717) is 23.8 Å². The Hall–Kier alpha value is -3.35. The molecule has 0 atom stereocenters. The van der Waals surface area contributed by atoms with Crippen LogP contribution in [-0.2, 0) is 13.1 Å². The molecule has 0 unspecified atom stereocenters. The molecule has 2 N–H and O–H groups in total. The molecule has 2 heterocycles. The first-order chi connectivity index (χ1) is 12.6. The number of aryl methyl sites for hydroxylation is 1. The van der Waals surface area contributed by atoms with E-state index >= 15 is 0 Å². The standard InChI is InChI=1S/C19H18FN5O/c1-13-24-17(19(26)23-12-15-6-2-3-7-16(15)20)9-18(25-13)22-11-14-5-4-8-21-10-14/h2-10H,11-12H2,1H3,(H,23,26)(H,22,24,25). The average molecular weight is 351 g/mol. The van der Waals surface area contributed by atoms with Crippen molar-refractivity contribution < 1.29 is 9.18 Å². The summed E-state index contributed by atoms with van der Waals surface area (Å²) in [4.78, 5) is 24.8. The minimum absolute atomic E-state index is 0.0903. The van der Waals surface area contributed by atoms with Crippen molar-refractivity contribution in [3.8, 4) is 0 Å². The summed E-state index contributed by atoms with van der Waals surface area (Å²) < 4.78 is 13.6. The van der Waals surface area contributed by atoms with Crippen LogP contribution in [0.3, 0.4) is 0 Å². The summed E-state index contributed by atoms with van der Waals surface area (Å²) in [5.41, 5.74) is 1.64. The number of aromatic nitrogens is 3. The lowest BCUT2D eigenvalue weighted by Gasteiger charge is -2.09. The lowest BCUT2D eigenvalue weighted by molar-refractivity contribution is 0.0945. The number of nitrogens with zero attached hydrogens (tertiary/aromatic N) is 3. The number of carbonyl (C=O) groups is 1. The first-order valence-corrected chi connectivity index (χ1v) is 8.12. The van der Waals surface area contributed by atoms with Crippen LogP contribution in [0.4, 0.5) is 10.2 Å². The lowest BCUT2D eigenvalue weighted by atomic mass is 10.2. The molecular weight excluding hydrogens is 333 g/mol. The Morgan fingerprint density at radius 3 is 2.73 bits per heavy atom. The van der Waals surface area contributed by atoms with Crippen LogP contribution in [-0.4, -0.2) is 20.9 Å². The van der Waals surface area contributed by atoms with Gasteiger partial charge in [0.2, 0.25) is 0 Å². The first kappa shape index (κ1) is 17.5. The summed E-state index contributed by atoms with van der Waals surface area (Å²) >= 11 is 0. The molecule has 0 radical (unpaired) electrons. The number of amides is 1. The quantitative estimate of drug-likeness (QED) is 0.714. The van der Waals surface area contributed by atoms with Crippen LogP contribution in [0.2, 0.25) is 0 Å². The van der Waals surface area contributed by atoms with Gasteiger partial charge in [0.25, 0.3) is 5.91 Å². The normalized spacial score (nSPS) is 10.4. The van der Waals surface area contributed by atoms with Crippen molar-refractivity contribution in [2.75, 3.05) is 5.32 Å². The Balaban J connectivity index is 1.66. The second-order valence-electron chi connectivity index (χ2n) is 5.67. The maximum Gasteiger partial charge on any atom is 0.270 e. The monoisotopic (exact) mass is 351 g/mol. The van der Waals surface area contributed by atoms with Crippen molar-refractivity contribution >= 4 is 11.7 Å². The van der Waals surface area contributed by atoms with Gasteiger partial charge in [-0.25, -0.2) is 14.4 Å². The van der Waals surface area contributed by atoms with Crippen LogP contribution in [0.5, 0.6) is 0 Å². The maximum atomic E-state index is 13.6. The second-order valence-corrected chi connectivity index (χ2v) is 5.67. The van der Waals surface area contributed by atoms with Gasteiger partial charge in [0.1, 0.15) is 23.2 Å². The molecule has 0 aliphatic heterocycles. The van der Waals surface area contributed by atoms with Crippen molar-refractivity contribution in [2.45, 2.75) is 20.0 Å². The summed E-state index contributed by atoms with van der Waals surface area (Å²) in [6.45, 7) is 2.33. The predicted octanol–water partition coefficient (Wildman–Crippen LogP) is 2.86. The zero-order valence-corrected chi connectivity index (χ0v) is 14.2. The van der Waals surface area contributed by atoms with Crippen molar-refractivity contribution in [3.63, 3.8) is 0 Å². The largest absolute Gasteiger partial charge is 0.366 e. The maximum absolute atomic E-state index is 13.6. The van der Waals surface area contributed by atoms with Gasteiger partial charge in [-0.15, -0.1) is 0 Å². The minimum atomic E-state index is -0.386. The third-order valence-corrected chi connectivity index (χ3v) is 3.66. The van der Waals surface area contributed by atoms with E-state index in [0.717, 1.165) is 5.56 Å². The molecule has 0 aliphatic rings. The predicted molar refractivity (Wildman–Crippen MR) is 95.9 cm³/mol. The summed E-state index contributed by atoms with van der Waals surface area (Å²) in [5.74, 6) is 0.267. The molecular formula is C19H18FN5O. The molecule has 3 rings (SSSR count). The van der Waals surface area contributed by atoms with Gasteiger partial charge in [0.15, 0.2) is 0 Å². The van der Waals surface area contributed by atoms with Crippen LogP contribution >= 0.6 is 0 Å². The zero-order chi connectivity index (χ0) is 18.4. The summed E-state index contributed by atoms with van der Waals surface area (Å²) in [7, 11) is 0. The Kier molecular flexibility index (Phi) is 5.48. The molecule has 3 aromatic rings. The molecule has 0 spiro atoms. The molecule has 0 fully saturated rings. The van der Waals surface area contributed by atoms with Gasteiger partial charge < -0.3 is 10.6 Å². The van der Waals surface area contributed by atoms with Crippen LogP contribution in [0.1, 0.15) is 27.4 Å². The van der Waals surface area contributed by atoms with Gasteiger partial charge in [-0.05, 0) is 24.6 Å². The molecule has 0 bridgehead atoms. The highest BCUT2D eigenvalue weighted by Gasteiger charge is 2.11. The van der Waals surface area contributed by atoms with Crippen LogP contribution in [0.25, 0.3) is 0 Å². The number of carbonyl (C=O) groups excluding carboxylic acids is 1. The van der Waals surface area contributed by atoms with Gasteiger partial charge >= 0.3 is 0 Å². The third-order valence-electron chi connectivity index (χ3n) is 3.66. The fourth-order valence-electron chi connectivity index (χ4n) is 2.38. The van der Waals surface area contributed by atoms with Gasteiger partial charge in [0.05, 0.1) is 0 Å². The average Bonchev–Trinajstić information content (AvgIpc) is 2.66. The molecule has 0 aliphatic carbocycles. The highest BCUT2D eigenvalue weighted by molar-refractivity contribution is 5.92. The number of pyridine rings is 1. The van der Waals surface area contributed by atoms with Crippen molar-refractivity contribution in [2.24, 2.45) is 0 Å². The van der Waals surface area contributed by atoms with Crippen molar-refractivity contribution in [1.29, 1.82) is 0 Å². The number of nitrogens with one attached hydrogen (secondary N) is 2. The fraction of sp³-hybridized carbons (Fsp3) is 0.158.